The fraction of sp³-hybridized carbons (Fsp3) is 1.00. The summed E-state index contributed by atoms with van der Waals surface area (Å²) in [5.74, 6) is 0. The van der Waals surface area contributed by atoms with E-state index in [4.69, 9.17) is 0 Å². The Hall–Kier alpha value is -0.320. The number of hydrogen-bond donors (Lipinski definition) is 1. The summed E-state index contributed by atoms with van der Waals surface area (Å²) in [6.45, 7) is 0. The summed E-state index contributed by atoms with van der Waals surface area (Å²) in [7, 11) is -6.32. The van der Waals surface area contributed by atoms with Crippen LogP contribution in [-0.2, 0) is 27.3 Å². The van der Waals surface area contributed by atoms with Crippen LogP contribution in [0.5, 0.6) is 0 Å². The maximum Gasteiger partial charge on any atom is 0.471 e. The predicted octanol–water partition coefficient (Wildman–Crippen LogP) is 2.79. The van der Waals surface area contributed by atoms with E-state index in [1.54, 1.807) is 0 Å². The van der Waals surface area contributed by atoms with Crippen LogP contribution in [-0.4, -0.2) is 12.5 Å². The summed E-state index contributed by atoms with van der Waals surface area (Å²) < 4.78 is 50.3. The predicted molar refractivity (Wildman–Crippen MR) is 57.2 cm³/mol. The minimum atomic E-state index is -3.16. The molecule has 9 heteroatoms. The van der Waals surface area contributed by atoms with Crippen molar-refractivity contribution in [2.75, 3.05) is 0 Å². The third kappa shape index (κ3) is 6.86. The molecule has 0 atom stereocenters. The van der Waals surface area contributed by atoms with E-state index in [1.165, 1.54) is 0 Å². The van der Waals surface area contributed by atoms with Crippen LogP contribution in [0, 0.1) is 0 Å². The number of nitrogens with one attached hydrogen (secondary N) is 1. The first-order chi connectivity index (χ1) is 8.08. The van der Waals surface area contributed by atoms with Gasteiger partial charge in [0.1, 0.15) is 0 Å². The van der Waals surface area contributed by atoms with E-state index in [-0.39, 0.29) is 6.04 Å². The Labute approximate surface area is 100 Å². The van der Waals surface area contributed by atoms with Crippen molar-refractivity contribution >= 4 is 15.8 Å². The van der Waals surface area contributed by atoms with Gasteiger partial charge in [0, 0.05) is 6.04 Å². The molecule has 1 N–H and O–H groups in total. The Morgan fingerprint density at radius 2 is 1.35 bits per heavy atom. The second-order valence-corrected chi connectivity index (χ2v) is 5.16. The lowest BCUT2D eigenvalue weighted by Crippen LogP contribution is -2.39. The molecule has 0 spiro atoms. The highest BCUT2D eigenvalue weighted by Crippen LogP contribution is 2.21. The first-order valence-corrected chi connectivity index (χ1v) is 7.65. The molecule has 17 heavy (non-hydrogen) atoms. The lowest BCUT2D eigenvalue weighted by molar-refractivity contribution is -0.0245. The van der Waals surface area contributed by atoms with Crippen LogP contribution >= 0.6 is 15.8 Å². The first-order valence-electron chi connectivity index (χ1n) is 5.46. The third-order valence-corrected chi connectivity index (χ3v) is 3.32. The van der Waals surface area contributed by atoms with Crippen molar-refractivity contribution < 1.29 is 27.3 Å². The Balaban J connectivity index is 2.50. The second-order valence-electron chi connectivity index (χ2n) is 3.85. The molecule has 0 bridgehead atoms. The summed E-state index contributed by atoms with van der Waals surface area (Å²) in [4.78, 5) is 0. The zero-order valence-electron chi connectivity index (χ0n) is 9.24. The quantitative estimate of drug-likeness (QED) is 0.454. The van der Waals surface area contributed by atoms with Crippen molar-refractivity contribution in [1.29, 1.82) is 0 Å². The lowest BCUT2D eigenvalue weighted by Gasteiger charge is -2.19. The van der Waals surface area contributed by atoms with Gasteiger partial charge in [0.15, 0.2) is 0 Å². The zero-order valence-corrected chi connectivity index (χ0v) is 11.0. The van der Waals surface area contributed by atoms with Gasteiger partial charge in [-0.25, -0.2) is 27.3 Å². The molecular formula is C8H15NO6P2. The highest BCUT2D eigenvalue weighted by Gasteiger charge is 2.21. The molecule has 0 aliphatic heterocycles. The van der Waals surface area contributed by atoms with Crippen LogP contribution in [0.25, 0.3) is 0 Å². The van der Waals surface area contributed by atoms with E-state index < -0.39 is 22.2 Å². The van der Waals surface area contributed by atoms with Gasteiger partial charge in [-0.05, 0) is 12.8 Å². The molecule has 1 fully saturated rings. The van der Waals surface area contributed by atoms with Crippen LogP contribution in [0.1, 0.15) is 38.5 Å². The van der Waals surface area contributed by atoms with E-state index in [0.29, 0.717) is 0 Å². The van der Waals surface area contributed by atoms with E-state index in [1.807, 2.05) is 0 Å². The van der Waals surface area contributed by atoms with Crippen LogP contribution in [0.2, 0.25) is 0 Å². The maximum absolute atomic E-state index is 10.4. The van der Waals surface area contributed by atoms with E-state index in [0.717, 1.165) is 38.5 Å². The monoisotopic (exact) mass is 283 g/mol. The molecule has 0 heterocycles. The van der Waals surface area contributed by atoms with Gasteiger partial charge in [-0.15, -0.1) is 0 Å². The SMILES string of the molecule is O=P(=O)OC(NC1CCCCCC1)OP(=O)=O. The average molecular weight is 283 g/mol. The first kappa shape index (κ1) is 14.7. The van der Waals surface area contributed by atoms with Crippen molar-refractivity contribution in [3.05, 3.63) is 0 Å². The number of rotatable bonds is 6. The molecule has 0 saturated heterocycles. The molecular weight excluding hydrogens is 268 g/mol. The van der Waals surface area contributed by atoms with Gasteiger partial charge in [0.05, 0.1) is 0 Å². The average Bonchev–Trinajstić information content (AvgIpc) is 2.44. The van der Waals surface area contributed by atoms with Gasteiger partial charge in [0.2, 0.25) is 6.41 Å². The smallest absolute Gasteiger partial charge is 0.265 e. The minimum absolute atomic E-state index is 0.0207. The maximum atomic E-state index is 10.4. The highest BCUT2D eigenvalue weighted by molar-refractivity contribution is 7.25. The molecule has 0 aromatic rings. The van der Waals surface area contributed by atoms with Crippen LogP contribution < -0.4 is 5.32 Å². The van der Waals surface area contributed by atoms with Gasteiger partial charge in [-0.1, -0.05) is 25.7 Å². The Bertz CT molecular complexity index is 319. The van der Waals surface area contributed by atoms with E-state index in [9.17, 15) is 18.3 Å². The molecule has 0 radical (unpaired) electrons. The molecule has 1 rings (SSSR count). The van der Waals surface area contributed by atoms with Gasteiger partial charge in [0.25, 0.3) is 0 Å². The second kappa shape index (κ2) is 7.90. The molecule has 1 aliphatic carbocycles. The summed E-state index contributed by atoms with van der Waals surface area (Å²) in [5.41, 5.74) is 0. The molecule has 0 aromatic carbocycles. The fourth-order valence-corrected chi connectivity index (χ4v) is 2.46. The van der Waals surface area contributed by atoms with Gasteiger partial charge in [-0.2, -0.15) is 0 Å². The summed E-state index contributed by atoms with van der Waals surface area (Å²) in [6, 6.07) is 0.0207. The topological polar surface area (TPSA) is 98.8 Å². The fourth-order valence-electron chi connectivity index (χ4n) is 1.87. The van der Waals surface area contributed by atoms with Crippen molar-refractivity contribution in [1.82, 2.24) is 5.32 Å². The van der Waals surface area contributed by atoms with Crippen LogP contribution in [0.4, 0.5) is 0 Å². The molecule has 98 valence electrons. The molecule has 0 amide bonds. The molecule has 7 nitrogen and oxygen atoms in total. The highest BCUT2D eigenvalue weighted by atomic mass is 31.1. The zero-order chi connectivity index (χ0) is 12.7. The van der Waals surface area contributed by atoms with Gasteiger partial charge < -0.3 is 0 Å². The molecule has 0 unspecified atom stereocenters. The minimum Gasteiger partial charge on any atom is -0.265 e. The number of hydrogen-bond acceptors (Lipinski definition) is 7. The Kier molecular flexibility index (Phi) is 6.85. The van der Waals surface area contributed by atoms with E-state index in [2.05, 4.69) is 14.4 Å². The van der Waals surface area contributed by atoms with Crippen molar-refractivity contribution in [2.24, 2.45) is 0 Å². The summed E-state index contributed by atoms with van der Waals surface area (Å²) in [5, 5.41) is 2.75. The Morgan fingerprint density at radius 1 is 0.882 bits per heavy atom. The molecule has 1 aliphatic rings. The van der Waals surface area contributed by atoms with Crippen molar-refractivity contribution in [2.45, 2.75) is 51.0 Å². The summed E-state index contributed by atoms with van der Waals surface area (Å²) >= 11 is 0. The standard InChI is InChI=1S/C8H15NO6P2/c10-16(11)14-8(15-17(12)13)9-7-5-3-1-2-4-6-7/h7-9H,1-6H2. The Morgan fingerprint density at radius 3 is 1.76 bits per heavy atom. The van der Waals surface area contributed by atoms with Crippen LogP contribution in [0.15, 0.2) is 0 Å². The normalized spacial score (nSPS) is 17.9. The van der Waals surface area contributed by atoms with Crippen molar-refractivity contribution in [3.63, 3.8) is 0 Å². The van der Waals surface area contributed by atoms with Crippen molar-refractivity contribution in [3.8, 4) is 0 Å². The third-order valence-electron chi connectivity index (χ3n) is 2.59. The van der Waals surface area contributed by atoms with Crippen LogP contribution in [0.3, 0.4) is 0 Å². The largest absolute Gasteiger partial charge is 0.471 e. The molecule has 0 aromatic heterocycles. The van der Waals surface area contributed by atoms with Gasteiger partial charge >= 0.3 is 15.8 Å². The summed E-state index contributed by atoms with van der Waals surface area (Å²) in [6.07, 6.45) is 4.59. The van der Waals surface area contributed by atoms with Gasteiger partial charge in [-0.3, -0.25) is 5.32 Å². The lowest BCUT2D eigenvalue weighted by atomic mass is 10.1. The van der Waals surface area contributed by atoms with E-state index >= 15 is 0 Å². The molecule has 1 saturated carbocycles.